The van der Waals surface area contributed by atoms with Gasteiger partial charge in [0.2, 0.25) is 10.0 Å². The molecule has 0 unspecified atom stereocenters. The number of rotatable bonds is 3. The van der Waals surface area contributed by atoms with Crippen LogP contribution in [-0.2, 0) is 14.8 Å². The van der Waals surface area contributed by atoms with Crippen LogP contribution in [0.15, 0.2) is 23.1 Å². The quantitative estimate of drug-likeness (QED) is 0.852. The standard InChI is InChI=1S/C14H17ClN2O4S/c1-9-2-3-11(4-12(9)15)22(20,21)17-6-10-5-16-7-14(10,8-17)13(18)19/h2-4,10,16H,5-8H2,1H3,(H,18,19)/t10-,14-/m0/s1. The van der Waals surface area contributed by atoms with E-state index in [1.807, 2.05) is 0 Å². The molecule has 120 valence electrons. The number of aliphatic carboxylic acids is 1. The number of hydrogen-bond acceptors (Lipinski definition) is 4. The van der Waals surface area contributed by atoms with E-state index in [0.29, 0.717) is 18.1 Å². The van der Waals surface area contributed by atoms with Crippen molar-refractivity contribution in [1.29, 1.82) is 0 Å². The first-order chi connectivity index (χ1) is 10.3. The number of aryl methyl sites for hydroxylation is 1. The van der Waals surface area contributed by atoms with E-state index in [2.05, 4.69) is 5.32 Å². The van der Waals surface area contributed by atoms with Crippen molar-refractivity contribution in [2.75, 3.05) is 26.2 Å². The molecule has 1 aromatic rings. The maximum Gasteiger partial charge on any atom is 0.312 e. The number of fused-ring (bicyclic) bond motifs is 1. The molecule has 6 nitrogen and oxygen atoms in total. The van der Waals surface area contributed by atoms with Crippen molar-refractivity contribution < 1.29 is 18.3 Å². The zero-order valence-electron chi connectivity index (χ0n) is 12.0. The first kappa shape index (κ1) is 15.7. The summed E-state index contributed by atoms with van der Waals surface area (Å²) in [6.07, 6.45) is 0. The van der Waals surface area contributed by atoms with Gasteiger partial charge < -0.3 is 10.4 Å². The van der Waals surface area contributed by atoms with E-state index >= 15 is 0 Å². The van der Waals surface area contributed by atoms with E-state index in [1.54, 1.807) is 13.0 Å². The highest BCUT2D eigenvalue weighted by Crippen LogP contribution is 2.41. The van der Waals surface area contributed by atoms with Crippen molar-refractivity contribution in [3.63, 3.8) is 0 Å². The molecule has 0 aliphatic carbocycles. The fourth-order valence-electron chi connectivity index (χ4n) is 3.24. The maximum atomic E-state index is 12.7. The van der Waals surface area contributed by atoms with Crippen LogP contribution in [0.4, 0.5) is 0 Å². The second kappa shape index (κ2) is 5.19. The minimum absolute atomic E-state index is 0.00612. The van der Waals surface area contributed by atoms with Crippen molar-refractivity contribution in [2.24, 2.45) is 11.3 Å². The molecule has 0 saturated carbocycles. The molecule has 0 radical (unpaired) electrons. The molecule has 2 heterocycles. The van der Waals surface area contributed by atoms with Crippen molar-refractivity contribution in [3.05, 3.63) is 28.8 Å². The van der Waals surface area contributed by atoms with Gasteiger partial charge in [0, 0.05) is 37.1 Å². The Labute approximate surface area is 134 Å². The van der Waals surface area contributed by atoms with Gasteiger partial charge >= 0.3 is 5.97 Å². The third-order valence-electron chi connectivity index (χ3n) is 4.70. The number of carboxylic acids is 1. The van der Waals surface area contributed by atoms with E-state index in [4.69, 9.17) is 11.6 Å². The highest BCUT2D eigenvalue weighted by atomic mass is 35.5. The minimum atomic E-state index is -3.73. The van der Waals surface area contributed by atoms with Crippen LogP contribution in [0.5, 0.6) is 0 Å². The third kappa shape index (κ3) is 2.23. The van der Waals surface area contributed by atoms with E-state index in [0.717, 1.165) is 5.56 Å². The van der Waals surface area contributed by atoms with Crippen LogP contribution in [0.2, 0.25) is 5.02 Å². The van der Waals surface area contributed by atoms with E-state index in [-0.39, 0.29) is 23.9 Å². The SMILES string of the molecule is Cc1ccc(S(=O)(=O)N2C[C@@H]3CNC[C@]3(C(=O)O)C2)cc1Cl. The molecule has 3 rings (SSSR count). The lowest BCUT2D eigenvalue weighted by atomic mass is 9.81. The minimum Gasteiger partial charge on any atom is -0.481 e. The molecule has 1 aromatic carbocycles. The van der Waals surface area contributed by atoms with Crippen LogP contribution in [0.3, 0.4) is 0 Å². The molecule has 0 spiro atoms. The normalized spacial score (nSPS) is 28.7. The number of sulfonamides is 1. The molecule has 0 aromatic heterocycles. The van der Waals surface area contributed by atoms with Gasteiger partial charge in [-0.05, 0) is 24.6 Å². The zero-order chi connectivity index (χ0) is 16.1. The van der Waals surface area contributed by atoms with E-state index < -0.39 is 21.4 Å². The monoisotopic (exact) mass is 344 g/mol. The summed E-state index contributed by atoms with van der Waals surface area (Å²) in [6, 6.07) is 4.59. The Morgan fingerprint density at radius 1 is 1.50 bits per heavy atom. The van der Waals surface area contributed by atoms with Gasteiger partial charge in [0.1, 0.15) is 0 Å². The number of carboxylic acid groups (broad SMARTS) is 1. The Balaban J connectivity index is 1.94. The number of hydrogen-bond donors (Lipinski definition) is 2. The molecule has 2 aliphatic heterocycles. The summed E-state index contributed by atoms with van der Waals surface area (Å²) in [5, 5.41) is 13.0. The lowest BCUT2D eigenvalue weighted by Gasteiger charge is -2.22. The largest absolute Gasteiger partial charge is 0.481 e. The topological polar surface area (TPSA) is 86.7 Å². The molecule has 0 amide bonds. The van der Waals surface area contributed by atoms with Crippen molar-refractivity contribution in [2.45, 2.75) is 11.8 Å². The summed E-state index contributed by atoms with van der Waals surface area (Å²) in [6.45, 7) is 2.83. The summed E-state index contributed by atoms with van der Waals surface area (Å²) >= 11 is 6.01. The van der Waals surface area contributed by atoms with Gasteiger partial charge in [-0.15, -0.1) is 0 Å². The average Bonchev–Trinajstić information content (AvgIpc) is 2.99. The first-order valence-electron chi connectivity index (χ1n) is 6.98. The molecule has 2 saturated heterocycles. The Bertz CT molecular complexity index is 736. The predicted molar refractivity (Wildman–Crippen MR) is 81.4 cm³/mol. The van der Waals surface area contributed by atoms with Crippen molar-refractivity contribution in [3.8, 4) is 0 Å². The summed E-state index contributed by atoms with van der Waals surface area (Å²) in [5.41, 5.74) is -0.230. The Hall–Kier alpha value is -1.15. The second-order valence-electron chi connectivity index (χ2n) is 6.00. The lowest BCUT2D eigenvalue weighted by molar-refractivity contribution is -0.148. The molecule has 0 bridgehead atoms. The summed E-state index contributed by atoms with van der Waals surface area (Å²) in [5.74, 6) is -1.15. The molecular formula is C14H17ClN2O4S. The van der Waals surface area contributed by atoms with Crippen LogP contribution >= 0.6 is 11.6 Å². The lowest BCUT2D eigenvalue weighted by Crippen LogP contribution is -2.41. The second-order valence-corrected chi connectivity index (χ2v) is 8.34. The van der Waals surface area contributed by atoms with Crippen LogP contribution in [0, 0.1) is 18.3 Å². The maximum absolute atomic E-state index is 12.7. The van der Waals surface area contributed by atoms with Gasteiger partial charge in [0.25, 0.3) is 0 Å². The molecule has 2 fully saturated rings. The number of benzene rings is 1. The summed E-state index contributed by atoms with van der Waals surface area (Å²) in [7, 11) is -3.73. The smallest absolute Gasteiger partial charge is 0.312 e. The van der Waals surface area contributed by atoms with Crippen molar-refractivity contribution >= 4 is 27.6 Å². The van der Waals surface area contributed by atoms with Crippen LogP contribution in [0.25, 0.3) is 0 Å². The van der Waals surface area contributed by atoms with Crippen molar-refractivity contribution in [1.82, 2.24) is 9.62 Å². The zero-order valence-corrected chi connectivity index (χ0v) is 13.6. The molecule has 8 heteroatoms. The third-order valence-corrected chi connectivity index (χ3v) is 6.92. The Kier molecular flexibility index (Phi) is 3.71. The number of halogens is 1. The van der Waals surface area contributed by atoms with Gasteiger partial charge in [0.05, 0.1) is 10.3 Å². The van der Waals surface area contributed by atoms with Crippen LogP contribution in [-0.4, -0.2) is 50.0 Å². The van der Waals surface area contributed by atoms with Gasteiger partial charge in [-0.25, -0.2) is 8.42 Å². The van der Waals surface area contributed by atoms with Gasteiger partial charge in [0.15, 0.2) is 0 Å². The summed E-state index contributed by atoms with van der Waals surface area (Å²) in [4.78, 5) is 11.7. The first-order valence-corrected chi connectivity index (χ1v) is 8.79. The highest BCUT2D eigenvalue weighted by molar-refractivity contribution is 7.89. The van der Waals surface area contributed by atoms with Gasteiger partial charge in [-0.3, -0.25) is 4.79 Å². The van der Waals surface area contributed by atoms with Crippen LogP contribution < -0.4 is 5.32 Å². The van der Waals surface area contributed by atoms with E-state index in [1.165, 1.54) is 16.4 Å². The molecule has 2 N–H and O–H groups in total. The Morgan fingerprint density at radius 3 is 2.82 bits per heavy atom. The highest BCUT2D eigenvalue weighted by Gasteiger charge is 2.57. The van der Waals surface area contributed by atoms with E-state index in [9.17, 15) is 18.3 Å². The Morgan fingerprint density at radius 2 is 2.23 bits per heavy atom. The average molecular weight is 345 g/mol. The summed E-state index contributed by atoms with van der Waals surface area (Å²) < 4.78 is 26.8. The molecule has 2 aliphatic rings. The molecular weight excluding hydrogens is 328 g/mol. The van der Waals surface area contributed by atoms with Crippen LogP contribution in [0.1, 0.15) is 5.56 Å². The molecule has 22 heavy (non-hydrogen) atoms. The number of nitrogens with zero attached hydrogens (tertiary/aromatic N) is 1. The fraction of sp³-hybridized carbons (Fsp3) is 0.500. The number of carbonyl (C=O) groups is 1. The fourth-order valence-corrected chi connectivity index (χ4v) is 5.07. The predicted octanol–water partition coefficient (Wildman–Crippen LogP) is 0.943. The number of nitrogens with one attached hydrogen (secondary N) is 1. The van der Waals surface area contributed by atoms with Gasteiger partial charge in [-0.2, -0.15) is 4.31 Å². The van der Waals surface area contributed by atoms with Gasteiger partial charge in [-0.1, -0.05) is 17.7 Å². The molecule has 2 atom stereocenters.